The SMILES string of the molecule is COc1ccc([C@H]2C[C@@H](c3c(C)nn(-c4ccccc4)c3Cl)n3ncnc3N2)cc1. The summed E-state index contributed by atoms with van der Waals surface area (Å²) in [5.41, 5.74) is 3.92. The number of ether oxygens (including phenoxy) is 1. The van der Waals surface area contributed by atoms with Gasteiger partial charge in [0.1, 0.15) is 17.2 Å². The fourth-order valence-electron chi connectivity index (χ4n) is 4.05. The summed E-state index contributed by atoms with van der Waals surface area (Å²) in [4.78, 5) is 4.41. The molecule has 7 nitrogen and oxygen atoms in total. The van der Waals surface area contributed by atoms with Crippen molar-refractivity contribution in [1.82, 2.24) is 24.5 Å². The molecule has 152 valence electrons. The van der Waals surface area contributed by atoms with E-state index in [1.807, 2.05) is 54.1 Å². The molecular weight excluding hydrogens is 400 g/mol. The highest BCUT2D eigenvalue weighted by Crippen LogP contribution is 2.41. The number of nitrogens with one attached hydrogen (secondary N) is 1. The molecule has 4 aromatic rings. The van der Waals surface area contributed by atoms with Gasteiger partial charge in [0.05, 0.1) is 30.6 Å². The predicted octanol–water partition coefficient (Wildman–Crippen LogP) is 4.58. The molecule has 5 rings (SSSR count). The minimum atomic E-state index is -0.0826. The van der Waals surface area contributed by atoms with Crippen molar-refractivity contribution in [3.63, 3.8) is 0 Å². The van der Waals surface area contributed by atoms with E-state index in [9.17, 15) is 0 Å². The van der Waals surface area contributed by atoms with Crippen molar-refractivity contribution >= 4 is 17.5 Å². The molecule has 0 aliphatic carbocycles. The van der Waals surface area contributed by atoms with Gasteiger partial charge in [-0.25, -0.2) is 9.36 Å². The third-order valence-corrected chi connectivity index (χ3v) is 5.89. The highest BCUT2D eigenvalue weighted by atomic mass is 35.5. The van der Waals surface area contributed by atoms with Gasteiger partial charge in [-0.1, -0.05) is 41.9 Å². The Morgan fingerprint density at radius 1 is 1.10 bits per heavy atom. The average molecular weight is 421 g/mol. The minimum absolute atomic E-state index is 0.0631. The summed E-state index contributed by atoms with van der Waals surface area (Å²) in [5, 5.41) is 13.3. The fraction of sp³-hybridized carbons (Fsp3) is 0.227. The van der Waals surface area contributed by atoms with Crippen LogP contribution in [0.3, 0.4) is 0 Å². The lowest BCUT2D eigenvalue weighted by Gasteiger charge is -2.31. The lowest BCUT2D eigenvalue weighted by Crippen LogP contribution is -2.28. The maximum Gasteiger partial charge on any atom is 0.222 e. The van der Waals surface area contributed by atoms with Gasteiger partial charge in [-0.15, -0.1) is 0 Å². The van der Waals surface area contributed by atoms with E-state index in [0.717, 1.165) is 40.6 Å². The van der Waals surface area contributed by atoms with E-state index in [4.69, 9.17) is 21.4 Å². The van der Waals surface area contributed by atoms with Crippen molar-refractivity contribution in [2.45, 2.75) is 25.4 Å². The molecule has 2 aromatic carbocycles. The van der Waals surface area contributed by atoms with Crippen LogP contribution in [0.4, 0.5) is 5.95 Å². The van der Waals surface area contributed by atoms with Crippen molar-refractivity contribution in [2.24, 2.45) is 0 Å². The third kappa shape index (κ3) is 3.11. The molecule has 2 atom stereocenters. The Labute approximate surface area is 179 Å². The Bertz CT molecular complexity index is 1170. The minimum Gasteiger partial charge on any atom is -0.497 e. The smallest absolute Gasteiger partial charge is 0.222 e. The summed E-state index contributed by atoms with van der Waals surface area (Å²) in [6.07, 6.45) is 2.33. The molecule has 0 radical (unpaired) electrons. The van der Waals surface area contributed by atoms with E-state index < -0.39 is 0 Å². The van der Waals surface area contributed by atoms with Crippen LogP contribution < -0.4 is 10.1 Å². The van der Waals surface area contributed by atoms with Crippen molar-refractivity contribution in [2.75, 3.05) is 12.4 Å². The van der Waals surface area contributed by atoms with Gasteiger partial charge in [0.25, 0.3) is 0 Å². The van der Waals surface area contributed by atoms with E-state index >= 15 is 0 Å². The van der Waals surface area contributed by atoms with Crippen molar-refractivity contribution in [3.05, 3.63) is 82.9 Å². The molecule has 2 aromatic heterocycles. The molecule has 0 unspecified atom stereocenters. The van der Waals surface area contributed by atoms with Gasteiger partial charge < -0.3 is 10.1 Å². The highest BCUT2D eigenvalue weighted by molar-refractivity contribution is 6.30. The maximum atomic E-state index is 6.87. The first-order valence-electron chi connectivity index (χ1n) is 9.76. The molecule has 0 saturated heterocycles. The van der Waals surface area contributed by atoms with Crippen LogP contribution in [0.1, 0.15) is 35.3 Å². The van der Waals surface area contributed by atoms with Crippen LogP contribution in [0.5, 0.6) is 5.75 Å². The first-order chi connectivity index (χ1) is 14.7. The molecule has 3 heterocycles. The van der Waals surface area contributed by atoms with Gasteiger partial charge in [0.15, 0.2) is 0 Å². The number of methoxy groups -OCH3 is 1. The first kappa shape index (κ1) is 18.7. The zero-order valence-corrected chi connectivity index (χ0v) is 17.4. The van der Waals surface area contributed by atoms with Gasteiger partial charge >= 0.3 is 0 Å². The number of para-hydroxylation sites is 1. The third-order valence-electron chi connectivity index (χ3n) is 5.53. The number of aromatic nitrogens is 5. The quantitative estimate of drug-likeness (QED) is 0.523. The molecule has 1 N–H and O–H groups in total. The van der Waals surface area contributed by atoms with E-state index in [0.29, 0.717) is 5.15 Å². The lowest BCUT2D eigenvalue weighted by atomic mass is 9.93. The maximum absolute atomic E-state index is 6.87. The number of benzene rings is 2. The molecule has 0 fully saturated rings. The monoisotopic (exact) mass is 420 g/mol. The number of rotatable bonds is 4. The van der Waals surface area contributed by atoms with Gasteiger partial charge in [0.2, 0.25) is 5.95 Å². The van der Waals surface area contributed by atoms with Gasteiger partial charge in [0, 0.05) is 5.56 Å². The Kier molecular flexibility index (Phi) is 4.67. The van der Waals surface area contributed by atoms with Gasteiger partial charge in [-0.2, -0.15) is 15.2 Å². The number of halogens is 1. The molecule has 0 spiro atoms. The molecule has 1 aliphatic heterocycles. The van der Waals surface area contributed by atoms with Crippen molar-refractivity contribution in [3.8, 4) is 11.4 Å². The first-order valence-corrected chi connectivity index (χ1v) is 10.1. The molecule has 1 aliphatic rings. The van der Waals surface area contributed by atoms with E-state index in [-0.39, 0.29) is 12.1 Å². The second-order valence-electron chi connectivity index (χ2n) is 7.29. The number of hydrogen-bond acceptors (Lipinski definition) is 5. The molecule has 8 heteroatoms. The van der Waals surface area contributed by atoms with Gasteiger partial charge in [-0.3, -0.25) is 0 Å². The van der Waals surface area contributed by atoms with Crippen LogP contribution in [0.2, 0.25) is 5.15 Å². The standard InChI is InChI=1S/C22H21ClN6O/c1-14-20(21(23)28(27-14)16-6-4-3-5-7-16)19-12-18(26-22-24-13-25-29(19)22)15-8-10-17(30-2)11-9-15/h3-11,13,18-19H,12H2,1-2H3,(H,24,25,26)/t18-,19+/m1/s1. The van der Waals surface area contributed by atoms with Crippen LogP contribution in [-0.2, 0) is 0 Å². The molecule has 0 saturated carbocycles. The largest absolute Gasteiger partial charge is 0.497 e. The van der Waals surface area contributed by atoms with Crippen LogP contribution in [0, 0.1) is 6.92 Å². The van der Waals surface area contributed by atoms with Crippen LogP contribution in [0.25, 0.3) is 5.69 Å². The Morgan fingerprint density at radius 2 is 1.87 bits per heavy atom. The highest BCUT2D eigenvalue weighted by Gasteiger charge is 2.34. The Balaban J connectivity index is 1.56. The molecular formula is C22H21ClN6O. The second-order valence-corrected chi connectivity index (χ2v) is 7.65. The topological polar surface area (TPSA) is 69.8 Å². The number of nitrogens with zero attached hydrogens (tertiary/aromatic N) is 5. The summed E-state index contributed by atoms with van der Waals surface area (Å²) < 4.78 is 8.97. The number of anilines is 1. The van der Waals surface area contributed by atoms with Crippen LogP contribution >= 0.6 is 11.6 Å². The lowest BCUT2D eigenvalue weighted by molar-refractivity contribution is 0.413. The summed E-state index contributed by atoms with van der Waals surface area (Å²) in [5.74, 6) is 1.55. The van der Waals surface area contributed by atoms with Gasteiger partial charge in [-0.05, 0) is 43.2 Å². The molecule has 30 heavy (non-hydrogen) atoms. The molecule has 0 bridgehead atoms. The van der Waals surface area contributed by atoms with Crippen LogP contribution in [0.15, 0.2) is 60.9 Å². The summed E-state index contributed by atoms with van der Waals surface area (Å²) in [6.45, 7) is 1.99. The second kappa shape index (κ2) is 7.50. The summed E-state index contributed by atoms with van der Waals surface area (Å²) >= 11 is 6.87. The molecule has 0 amide bonds. The number of hydrogen-bond donors (Lipinski definition) is 1. The van der Waals surface area contributed by atoms with E-state index in [2.05, 4.69) is 27.5 Å². The van der Waals surface area contributed by atoms with Crippen LogP contribution in [-0.4, -0.2) is 31.7 Å². The normalized spacial score (nSPS) is 18.0. The predicted molar refractivity (Wildman–Crippen MR) is 115 cm³/mol. The zero-order valence-electron chi connectivity index (χ0n) is 16.7. The Hall–Kier alpha value is -3.32. The Morgan fingerprint density at radius 3 is 2.60 bits per heavy atom. The zero-order chi connectivity index (χ0) is 20.7. The van der Waals surface area contributed by atoms with E-state index in [1.54, 1.807) is 18.1 Å². The van der Waals surface area contributed by atoms with Crippen molar-refractivity contribution < 1.29 is 4.74 Å². The fourth-order valence-corrected chi connectivity index (χ4v) is 4.44. The number of fused-ring (bicyclic) bond motifs is 1. The average Bonchev–Trinajstić information content (AvgIpc) is 3.38. The number of aryl methyl sites for hydroxylation is 1. The van der Waals surface area contributed by atoms with E-state index in [1.165, 1.54) is 0 Å². The summed E-state index contributed by atoms with van der Waals surface area (Å²) in [7, 11) is 1.67. The summed E-state index contributed by atoms with van der Waals surface area (Å²) in [6, 6.07) is 18.0. The van der Waals surface area contributed by atoms with Crippen molar-refractivity contribution in [1.29, 1.82) is 0 Å².